The Hall–Kier alpha value is -2.99. The first-order valence-corrected chi connectivity index (χ1v) is 9.40. The molecule has 3 aromatic rings. The van der Waals surface area contributed by atoms with Crippen molar-refractivity contribution in [3.05, 3.63) is 65.5 Å². The normalized spacial score (nSPS) is 14.7. The summed E-state index contributed by atoms with van der Waals surface area (Å²) < 4.78 is 6.96. The van der Waals surface area contributed by atoms with Crippen LogP contribution in [0, 0.1) is 6.92 Å². The maximum absolute atomic E-state index is 11.7. The highest BCUT2D eigenvalue weighted by atomic mass is 16.5. The van der Waals surface area contributed by atoms with E-state index in [1.54, 1.807) is 0 Å². The van der Waals surface area contributed by atoms with Gasteiger partial charge in [-0.1, -0.05) is 30.3 Å². The van der Waals surface area contributed by atoms with E-state index in [4.69, 9.17) is 4.74 Å². The van der Waals surface area contributed by atoms with E-state index in [0.717, 1.165) is 41.3 Å². The molecule has 6 nitrogen and oxygen atoms in total. The van der Waals surface area contributed by atoms with Gasteiger partial charge in [-0.2, -0.15) is 0 Å². The summed E-state index contributed by atoms with van der Waals surface area (Å²) in [5.74, 6) is 1.67. The molecule has 6 heteroatoms. The van der Waals surface area contributed by atoms with Crippen LogP contribution in [0.3, 0.4) is 0 Å². The second-order valence-corrected chi connectivity index (χ2v) is 7.37. The van der Waals surface area contributed by atoms with Crippen LogP contribution in [0.4, 0.5) is 5.69 Å². The number of ether oxygens (including phenoxy) is 1. The molecule has 0 spiro atoms. The Labute approximate surface area is 164 Å². The summed E-state index contributed by atoms with van der Waals surface area (Å²) in [7, 11) is 3.53. The van der Waals surface area contributed by atoms with Gasteiger partial charge in [0.1, 0.15) is 12.4 Å². The first-order chi connectivity index (χ1) is 13.5. The number of hydrogen-bond donors (Lipinski definition) is 1. The molecule has 0 radical (unpaired) electrons. The van der Waals surface area contributed by atoms with Crippen LogP contribution in [0.5, 0.6) is 0 Å². The van der Waals surface area contributed by atoms with Gasteiger partial charge in [0.25, 0.3) is 0 Å². The molecule has 1 fully saturated rings. The van der Waals surface area contributed by atoms with Crippen molar-refractivity contribution >= 4 is 11.6 Å². The molecule has 144 valence electrons. The second-order valence-electron chi connectivity index (χ2n) is 7.37. The van der Waals surface area contributed by atoms with Gasteiger partial charge in [0.05, 0.1) is 5.41 Å². The molecule has 0 aliphatic heterocycles. The molecule has 0 saturated heterocycles. The van der Waals surface area contributed by atoms with E-state index in [1.807, 2.05) is 38.2 Å². The smallest absolute Gasteiger partial charge is 0.250 e. The lowest BCUT2D eigenvalue weighted by atomic mass is 9.95. The SMILES string of the molecule is COCC(=O)Nc1ccc(-c2nnc(C3(c4ccccc4)CC3)n2C)c(C)c1. The third-order valence-corrected chi connectivity index (χ3v) is 5.41. The van der Waals surface area contributed by atoms with Gasteiger partial charge in [0.2, 0.25) is 5.91 Å². The molecule has 1 saturated carbocycles. The number of amides is 1. The van der Waals surface area contributed by atoms with Crippen LogP contribution in [0.1, 0.15) is 29.8 Å². The van der Waals surface area contributed by atoms with E-state index >= 15 is 0 Å². The summed E-state index contributed by atoms with van der Waals surface area (Å²) in [4.78, 5) is 11.7. The number of nitrogens with one attached hydrogen (secondary N) is 1. The van der Waals surface area contributed by atoms with Gasteiger partial charge in [-0.25, -0.2) is 0 Å². The van der Waals surface area contributed by atoms with E-state index < -0.39 is 0 Å². The first-order valence-electron chi connectivity index (χ1n) is 9.40. The van der Waals surface area contributed by atoms with Gasteiger partial charge >= 0.3 is 0 Å². The van der Waals surface area contributed by atoms with Gasteiger partial charge < -0.3 is 14.6 Å². The predicted octanol–water partition coefficient (Wildman–Crippen LogP) is 3.46. The predicted molar refractivity (Wildman–Crippen MR) is 108 cm³/mol. The zero-order valence-electron chi connectivity index (χ0n) is 16.4. The van der Waals surface area contributed by atoms with E-state index in [9.17, 15) is 4.79 Å². The summed E-state index contributed by atoms with van der Waals surface area (Å²) in [5, 5.41) is 11.9. The molecule has 1 aliphatic carbocycles. The van der Waals surface area contributed by atoms with E-state index in [2.05, 4.69) is 44.3 Å². The average molecular weight is 376 g/mol. The number of benzene rings is 2. The van der Waals surface area contributed by atoms with Crippen molar-refractivity contribution in [1.29, 1.82) is 0 Å². The number of rotatable bonds is 6. The Morgan fingerprint density at radius 3 is 2.57 bits per heavy atom. The lowest BCUT2D eigenvalue weighted by Gasteiger charge is -2.16. The summed E-state index contributed by atoms with van der Waals surface area (Å²) in [6.45, 7) is 2.05. The Kier molecular flexibility index (Phi) is 4.73. The van der Waals surface area contributed by atoms with Gasteiger partial charge in [0, 0.05) is 25.4 Å². The molecule has 2 aromatic carbocycles. The van der Waals surface area contributed by atoms with E-state index in [-0.39, 0.29) is 17.9 Å². The standard InChI is InChI=1S/C22H24N4O2/c1-15-13-17(23-19(27)14-28-3)9-10-18(15)20-24-25-21(26(20)2)22(11-12-22)16-7-5-4-6-8-16/h4-10,13H,11-12,14H2,1-3H3,(H,23,27). The average Bonchev–Trinajstić information content (AvgIpc) is 3.40. The molecule has 28 heavy (non-hydrogen) atoms. The Bertz CT molecular complexity index is 1010. The van der Waals surface area contributed by atoms with Gasteiger partial charge in [-0.15, -0.1) is 10.2 Å². The lowest BCUT2D eigenvalue weighted by molar-refractivity contribution is -0.119. The van der Waals surface area contributed by atoms with Gasteiger partial charge in [-0.3, -0.25) is 4.79 Å². The van der Waals surface area contributed by atoms with Crippen LogP contribution in [0.2, 0.25) is 0 Å². The van der Waals surface area contributed by atoms with Crippen molar-refractivity contribution in [2.75, 3.05) is 19.0 Å². The molecule has 1 aromatic heterocycles. The Balaban J connectivity index is 1.64. The summed E-state index contributed by atoms with van der Waals surface area (Å²) in [6, 6.07) is 16.3. The van der Waals surface area contributed by atoms with Crippen LogP contribution >= 0.6 is 0 Å². The number of anilines is 1. The summed E-state index contributed by atoms with van der Waals surface area (Å²) >= 11 is 0. The minimum Gasteiger partial charge on any atom is -0.375 e. The first kappa shape index (κ1) is 18.4. The van der Waals surface area contributed by atoms with Crippen LogP contribution in [-0.4, -0.2) is 34.4 Å². The van der Waals surface area contributed by atoms with Crippen LogP contribution < -0.4 is 5.32 Å². The number of hydrogen-bond acceptors (Lipinski definition) is 4. The largest absolute Gasteiger partial charge is 0.375 e. The van der Waals surface area contributed by atoms with Gasteiger partial charge in [0.15, 0.2) is 5.82 Å². The number of carbonyl (C=O) groups excluding carboxylic acids is 1. The van der Waals surface area contributed by atoms with E-state index in [1.165, 1.54) is 12.7 Å². The third kappa shape index (κ3) is 3.20. The molecule has 4 rings (SSSR count). The molecule has 1 amide bonds. The quantitative estimate of drug-likeness (QED) is 0.715. The highest BCUT2D eigenvalue weighted by Gasteiger charge is 2.49. The number of aromatic nitrogens is 3. The molecule has 0 bridgehead atoms. The number of aryl methyl sites for hydroxylation is 1. The van der Waals surface area contributed by atoms with Crippen molar-refractivity contribution in [1.82, 2.24) is 14.8 Å². The highest BCUT2D eigenvalue weighted by molar-refractivity contribution is 5.92. The number of methoxy groups -OCH3 is 1. The number of carbonyl (C=O) groups is 1. The third-order valence-electron chi connectivity index (χ3n) is 5.41. The molecular weight excluding hydrogens is 352 g/mol. The monoisotopic (exact) mass is 376 g/mol. The molecule has 0 unspecified atom stereocenters. The van der Waals surface area contributed by atoms with Crippen LogP contribution in [0.25, 0.3) is 11.4 Å². The van der Waals surface area contributed by atoms with Crippen molar-refractivity contribution < 1.29 is 9.53 Å². The minimum atomic E-state index is -0.172. The fourth-order valence-corrected chi connectivity index (χ4v) is 3.82. The highest BCUT2D eigenvalue weighted by Crippen LogP contribution is 2.52. The van der Waals surface area contributed by atoms with E-state index in [0.29, 0.717) is 0 Å². The Morgan fingerprint density at radius 1 is 1.18 bits per heavy atom. The van der Waals surface area contributed by atoms with Crippen molar-refractivity contribution in [3.8, 4) is 11.4 Å². The second kappa shape index (κ2) is 7.20. The fourth-order valence-electron chi connectivity index (χ4n) is 3.82. The molecule has 0 atom stereocenters. The molecule has 1 N–H and O–H groups in total. The van der Waals surface area contributed by atoms with Crippen LogP contribution in [0.15, 0.2) is 48.5 Å². The molecular formula is C22H24N4O2. The van der Waals surface area contributed by atoms with Gasteiger partial charge in [-0.05, 0) is 49.1 Å². The Morgan fingerprint density at radius 2 is 1.93 bits per heavy atom. The van der Waals surface area contributed by atoms with Crippen molar-refractivity contribution in [2.45, 2.75) is 25.2 Å². The summed E-state index contributed by atoms with van der Waals surface area (Å²) in [6.07, 6.45) is 2.18. The lowest BCUT2D eigenvalue weighted by Crippen LogP contribution is -2.17. The maximum atomic E-state index is 11.7. The zero-order valence-corrected chi connectivity index (χ0v) is 16.4. The number of nitrogens with zero attached hydrogens (tertiary/aromatic N) is 3. The molecule has 1 heterocycles. The van der Waals surface area contributed by atoms with Crippen molar-refractivity contribution in [3.63, 3.8) is 0 Å². The molecule has 1 aliphatic rings. The van der Waals surface area contributed by atoms with Crippen molar-refractivity contribution in [2.24, 2.45) is 7.05 Å². The zero-order chi connectivity index (χ0) is 19.7. The minimum absolute atomic E-state index is 0.0246. The van der Waals surface area contributed by atoms with Crippen LogP contribution in [-0.2, 0) is 22.0 Å². The fraction of sp³-hybridized carbons (Fsp3) is 0.318. The summed E-state index contributed by atoms with van der Waals surface area (Å²) in [5.41, 5.74) is 4.05. The maximum Gasteiger partial charge on any atom is 0.250 e. The topological polar surface area (TPSA) is 69.0 Å².